The largest absolute Gasteiger partial charge is 0.388 e. The van der Waals surface area contributed by atoms with Crippen LogP contribution in [0.15, 0.2) is 24.3 Å². The lowest BCUT2D eigenvalue weighted by Crippen LogP contribution is -2.23. The molecule has 1 N–H and O–H groups in total. The minimum absolute atomic E-state index is 0.00110. The van der Waals surface area contributed by atoms with Crippen LogP contribution in [0.25, 0.3) is 11.0 Å². The van der Waals surface area contributed by atoms with E-state index in [1.54, 1.807) is 7.11 Å². The van der Waals surface area contributed by atoms with E-state index in [4.69, 9.17) is 4.74 Å². The molecule has 102 valence electrons. The van der Waals surface area contributed by atoms with E-state index in [0.717, 1.165) is 42.5 Å². The first-order chi connectivity index (χ1) is 9.33. The lowest BCUT2D eigenvalue weighted by atomic mass is 9.92. The van der Waals surface area contributed by atoms with E-state index < -0.39 is 0 Å². The molecule has 1 heterocycles. The molecule has 1 saturated carbocycles. The third-order valence-corrected chi connectivity index (χ3v) is 4.15. The highest BCUT2D eigenvalue weighted by Gasteiger charge is 2.25. The predicted molar refractivity (Wildman–Crippen MR) is 74.0 cm³/mol. The standard InChI is InChI=1S/C15H20N2O2/c1-19-12-8-6-11(7-9-12)17-14-5-3-2-4-13(14)16-15(17)10-18/h2-5,11-12,18H,6-10H2,1H3. The van der Waals surface area contributed by atoms with E-state index in [1.165, 1.54) is 0 Å². The smallest absolute Gasteiger partial charge is 0.135 e. The van der Waals surface area contributed by atoms with Crippen LogP contribution in [0, 0.1) is 0 Å². The normalized spacial score (nSPS) is 23.9. The molecule has 0 unspecified atom stereocenters. The number of aromatic nitrogens is 2. The van der Waals surface area contributed by atoms with Crippen LogP contribution in [0.2, 0.25) is 0 Å². The molecule has 4 nitrogen and oxygen atoms in total. The van der Waals surface area contributed by atoms with Crippen molar-refractivity contribution in [1.82, 2.24) is 9.55 Å². The fraction of sp³-hybridized carbons (Fsp3) is 0.533. The summed E-state index contributed by atoms with van der Waals surface area (Å²) in [5, 5.41) is 9.54. The number of fused-ring (bicyclic) bond motifs is 1. The number of hydrogen-bond donors (Lipinski definition) is 1. The van der Waals surface area contributed by atoms with E-state index in [9.17, 15) is 5.11 Å². The molecule has 1 fully saturated rings. The summed E-state index contributed by atoms with van der Waals surface area (Å²) < 4.78 is 7.65. The quantitative estimate of drug-likeness (QED) is 0.923. The molecule has 1 aromatic carbocycles. The number of methoxy groups -OCH3 is 1. The molecule has 0 radical (unpaired) electrons. The van der Waals surface area contributed by atoms with E-state index >= 15 is 0 Å². The summed E-state index contributed by atoms with van der Waals surface area (Å²) in [5.41, 5.74) is 2.10. The van der Waals surface area contributed by atoms with E-state index in [1.807, 2.05) is 18.2 Å². The number of aliphatic hydroxyl groups is 1. The summed E-state index contributed by atoms with van der Waals surface area (Å²) >= 11 is 0. The number of nitrogens with zero attached hydrogens (tertiary/aromatic N) is 2. The Kier molecular flexibility index (Phi) is 3.53. The van der Waals surface area contributed by atoms with Crippen LogP contribution < -0.4 is 0 Å². The van der Waals surface area contributed by atoms with Gasteiger partial charge < -0.3 is 14.4 Å². The first-order valence-corrected chi connectivity index (χ1v) is 6.93. The first-order valence-electron chi connectivity index (χ1n) is 6.93. The van der Waals surface area contributed by atoms with Gasteiger partial charge in [0.1, 0.15) is 12.4 Å². The topological polar surface area (TPSA) is 47.3 Å². The average molecular weight is 260 g/mol. The Morgan fingerprint density at radius 3 is 2.68 bits per heavy atom. The Morgan fingerprint density at radius 2 is 2.00 bits per heavy atom. The average Bonchev–Trinajstić information content (AvgIpc) is 2.86. The number of rotatable bonds is 3. The highest BCUT2D eigenvalue weighted by atomic mass is 16.5. The first kappa shape index (κ1) is 12.6. The predicted octanol–water partition coefficient (Wildman–Crippen LogP) is 2.66. The number of para-hydroxylation sites is 2. The maximum atomic E-state index is 9.54. The van der Waals surface area contributed by atoms with Crippen LogP contribution in [0.1, 0.15) is 37.5 Å². The van der Waals surface area contributed by atoms with Gasteiger partial charge in [-0.25, -0.2) is 4.98 Å². The Labute approximate surface area is 113 Å². The fourth-order valence-corrected chi connectivity index (χ4v) is 3.15. The van der Waals surface area contributed by atoms with Gasteiger partial charge in [-0.3, -0.25) is 0 Å². The van der Waals surface area contributed by atoms with Crippen LogP contribution in [0.3, 0.4) is 0 Å². The van der Waals surface area contributed by atoms with Gasteiger partial charge in [-0.2, -0.15) is 0 Å². The second-order valence-corrected chi connectivity index (χ2v) is 5.21. The van der Waals surface area contributed by atoms with E-state index in [-0.39, 0.29) is 6.61 Å². The molecule has 1 aliphatic rings. The fourth-order valence-electron chi connectivity index (χ4n) is 3.15. The molecule has 0 atom stereocenters. The monoisotopic (exact) mass is 260 g/mol. The minimum Gasteiger partial charge on any atom is -0.388 e. The number of ether oxygens (including phenoxy) is 1. The molecular formula is C15H20N2O2. The van der Waals surface area contributed by atoms with E-state index in [2.05, 4.69) is 15.6 Å². The van der Waals surface area contributed by atoms with Crippen molar-refractivity contribution in [3.63, 3.8) is 0 Å². The van der Waals surface area contributed by atoms with Gasteiger partial charge in [-0.15, -0.1) is 0 Å². The third-order valence-electron chi connectivity index (χ3n) is 4.15. The Balaban J connectivity index is 1.95. The zero-order chi connectivity index (χ0) is 13.2. The van der Waals surface area contributed by atoms with Crippen molar-refractivity contribution in [2.75, 3.05) is 7.11 Å². The van der Waals surface area contributed by atoms with Crippen molar-refractivity contribution < 1.29 is 9.84 Å². The van der Waals surface area contributed by atoms with Crippen molar-refractivity contribution in [3.05, 3.63) is 30.1 Å². The van der Waals surface area contributed by atoms with Crippen molar-refractivity contribution in [1.29, 1.82) is 0 Å². The van der Waals surface area contributed by atoms with Crippen molar-refractivity contribution >= 4 is 11.0 Å². The van der Waals surface area contributed by atoms with Crippen LogP contribution in [0.5, 0.6) is 0 Å². The van der Waals surface area contributed by atoms with Crippen molar-refractivity contribution in [2.45, 2.75) is 44.4 Å². The number of hydrogen-bond acceptors (Lipinski definition) is 3. The molecule has 1 aliphatic carbocycles. The Morgan fingerprint density at radius 1 is 1.26 bits per heavy atom. The third kappa shape index (κ3) is 2.26. The maximum Gasteiger partial charge on any atom is 0.135 e. The van der Waals surface area contributed by atoms with Crippen molar-refractivity contribution in [2.24, 2.45) is 0 Å². The SMILES string of the molecule is COC1CCC(n2c(CO)nc3ccccc32)CC1. The summed E-state index contributed by atoms with van der Waals surface area (Å²) in [5.74, 6) is 0.780. The zero-order valence-electron chi connectivity index (χ0n) is 11.2. The minimum atomic E-state index is -0.00110. The molecule has 1 aromatic heterocycles. The molecule has 0 aliphatic heterocycles. The Hall–Kier alpha value is -1.39. The summed E-state index contributed by atoms with van der Waals surface area (Å²) in [6.07, 6.45) is 4.73. The van der Waals surface area contributed by atoms with Gasteiger partial charge in [-0.05, 0) is 37.8 Å². The molecule has 0 bridgehead atoms. The molecule has 2 aromatic rings. The van der Waals surface area contributed by atoms with Gasteiger partial charge in [-0.1, -0.05) is 12.1 Å². The van der Waals surface area contributed by atoms with Crippen LogP contribution in [-0.4, -0.2) is 27.9 Å². The second-order valence-electron chi connectivity index (χ2n) is 5.21. The van der Waals surface area contributed by atoms with Gasteiger partial charge in [0.25, 0.3) is 0 Å². The van der Waals surface area contributed by atoms with Crippen molar-refractivity contribution in [3.8, 4) is 0 Å². The second kappa shape index (κ2) is 5.31. The lowest BCUT2D eigenvalue weighted by molar-refractivity contribution is 0.0581. The number of benzene rings is 1. The molecule has 3 rings (SSSR count). The lowest BCUT2D eigenvalue weighted by Gasteiger charge is -2.29. The molecule has 0 saturated heterocycles. The van der Waals surface area contributed by atoms with E-state index in [0.29, 0.717) is 12.1 Å². The maximum absolute atomic E-state index is 9.54. The highest BCUT2D eigenvalue weighted by Crippen LogP contribution is 2.33. The van der Waals surface area contributed by atoms with Gasteiger partial charge in [0, 0.05) is 13.2 Å². The summed E-state index contributed by atoms with van der Waals surface area (Å²) in [7, 11) is 1.79. The van der Waals surface area contributed by atoms with Crippen LogP contribution >= 0.6 is 0 Å². The molecular weight excluding hydrogens is 240 g/mol. The molecule has 4 heteroatoms. The summed E-state index contributed by atoms with van der Waals surface area (Å²) in [6, 6.07) is 8.54. The van der Waals surface area contributed by atoms with Crippen LogP contribution in [-0.2, 0) is 11.3 Å². The number of aliphatic hydroxyl groups excluding tert-OH is 1. The van der Waals surface area contributed by atoms with Gasteiger partial charge >= 0.3 is 0 Å². The Bertz CT molecular complexity index is 556. The van der Waals surface area contributed by atoms with Gasteiger partial charge in [0.15, 0.2) is 0 Å². The number of imidazole rings is 1. The highest BCUT2D eigenvalue weighted by molar-refractivity contribution is 5.76. The zero-order valence-corrected chi connectivity index (χ0v) is 11.2. The van der Waals surface area contributed by atoms with Gasteiger partial charge in [0.05, 0.1) is 17.1 Å². The molecule has 19 heavy (non-hydrogen) atoms. The summed E-state index contributed by atoms with van der Waals surface area (Å²) in [6.45, 7) is -0.00110. The van der Waals surface area contributed by atoms with Gasteiger partial charge in [0.2, 0.25) is 0 Å². The van der Waals surface area contributed by atoms with Crippen LogP contribution in [0.4, 0.5) is 0 Å². The molecule has 0 spiro atoms. The molecule has 0 amide bonds. The summed E-state index contributed by atoms with van der Waals surface area (Å²) in [4.78, 5) is 4.53.